The van der Waals surface area contributed by atoms with Gasteiger partial charge in [0, 0.05) is 6.54 Å². The van der Waals surface area contributed by atoms with Gasteiger partial charge in [0.15, 0.2) is 0 Å². The van der Waals surface area contributed by atoms with Crippen LogP contribution in [0.25, 0.3) is 0 Å². The Morgan fingerprint density at radius 2 is 2.39 bits per heavy atom. The fraction of sp³-hybridized carbons (Fsp3) is 0.833. The summed E-state index contributed by atoms with van der Waals surface area (Å²) in [5.41, 5.74) is 0.000768. The first kappa shape index (κ1) is 12.1. The van der Waals surface area contributed by atoms with Crippen molar-refractivity contribution in [1.82, 2.24) is 15.5 Å². The summed E-state index contributed by atoms with van der Waals surface area (Å²) in [5.74, 6) is 1.35. The average Bonchev–Trinajstić information content (AvgIpc) is 3.09. The van der Waals surface area contributed by atoms with Crippen molar-refractivity contribution < 1.29 is 14.0 Å². The minimum absolute atomic E-state index is 0.000768. The monoisotopic (exact) mass is 253 g/mol. The lowest BCUT2D eigenvalue weighted by atomic mass is 9.84. The van der Waals surface area contributed by atoms with Crippen LogP contribution in [-0.2, 0) is 14.9 Å². The summed E-state index contributed by atoms with van der Waals surface area (Å²) in [6, 6.07) is 0. The molecule has 2 fully saturated rings. The van der Waals surface area contributed by atoms with Gasteiger partial charge < -0.3 is 19.3 Å². The normalized spacial score (nSPS) is 32.8. The summed E-state index contributed by atoms with van der Waals surface area (Å²) in [4.78, 5) is 4.54. The molecule has 1 N–H and O–H groups in total. The first-order valence-electron chi connectivity index (χ1n) is 6.58. The van der Waals surface area contributed by atoms with E-state index >= 15 is 0 Å². The second kappa shape index (κ2) is 4.95. The van der Waals surface area contributed by atoms with Crippen LogP contribution in [0.5, 0.6) is 0 Å². The number of hydrogen-bond acceptors (Lipinski definition) is 6. The topological polar surface area (TPSA) is 69.4 Å². The van der Waals surface area contributed by atoms with E-state index < -0.39 is 0 Å². The van der Waals surface area contributed by atoms with Gasteiger partial charge in [-0.1, -0.05) is 12.1 Å². The molecule has 6 nitrogen and oxygen atoms in total. The molecule has 100 valence electrons. The van der Waals surface area contributed by atoms with Crippen molar-refractivity contribution in [3.05, 3.63) is 11.7 Å². The number of hydrogen-bond donors (Lipinski definition) is 1. The Labute approximate surface area is 106 Å². The van der Waals surface area contributed by atoms with Gasteiger partial charge in [-0.15, -0.1) is 0 Å². The minimum Gasteiger partial charge on any atom is -0.376 e. The minimum atomic E-state index is -0.181. The third-order valence-electron chi connectivity index (χ3n) is 3.92. The van der Waals surface area contributed by atoms with E-state index in [9.17, 15) is 0 Å². The molecule has 0 bridgehead atoms. The maximum atomic E-state index is 5.58. The van der Waals surface area contributed by atoms with Gasteiger partial charge in [-0.05, 0) is 19.4 Å². The van der Waals surface area contributed by atoms with E-state index in [-0.39, 0.29) is 11.5 Å². The molecule has 2 atom stereocenters. The van der Waals surface area contributed by atoms with Crippen LogP contribution < -0.4 is 5.32 Å². The lowest BCUT2D eigenvalue weighted by Crippen LogP contribution is -2.29. The SMILES string of the molecule is CCC1(c2nc(C3COCCO3)no2)CCNC1. The van der Waals surface area contributed by atoms with E-state index in [4.69, 9.17) is 14.0 Å². The summed E-state index contributed by atoms with van der Waals surface area (Å²) < 4.78 is 16.4. The van der Waals surface area contributed by atoms with E-state index in [1.54, 1.807) is 0 Å². The Hall–Kier alpha value is -0.980. The largest absolute Gasteiger partial charge is 0.376 e. The van der Waals surface area contributed by atoms with Gasteiger partial charge in [0.2, 0.25) is 11.7 Å². The van der Waals surface area contributed by atoms with Crippen LogP contribution in [-0.4, -0.2) is 43.1 Å². The summed E-state index contributed by atoms with van der Waals surface area (Å²) in [6.45, 7) is 5.83. The number of nitrogens with zero attached hydrogens (tertiary/aromatic N) is 2. The molecule has 6 heteroatoms. The maximum absolute atomic E-state index is 5.58. The van der Waals surface area contributed by atoms with Crippen molar-refractivity contribution in [3.63, 3.8) is 0 Å². The molecule has 1 aromatic rings. The Balaban J connectivity index is 1.79. The first-order valence-corrected chi connectivity index (χ1v) is 6.58. The summed E-state index contributed by atoms with van der Waals surface area (Å²) >= 11 is 0. The molecular weight excluding hydrogens is 234 g/mol. The van der Waals surface area contributed by atoms with Gasteiger partial charge in [-0.25, -0.2) is 0 Å². The molecule has 3 heterocycles. The van der Waals surface area contributed by atoms with Crippen molar-refractivity contribution in [3.8, 4) is 0 Å². The van der Waals surface area contributed by atoms with Gasteiger partial charge in [0.1, 0.15) is 6.10 Å². The molecule has 2 unspecified atom stereocenters. The highest BCUT2D eigenvalue weighted by Gasteiger charge is 2.40. The second-order valence-corrected chi connectivity index (χ2v) is 4.95. The molecule has 0 aromatic carbocycles. The Morgan fingerprint density at radius 1 is 1.44 bits per heavy atom. The van der Waals surface area contributed by atoms with Crippen LogP contribution in [0.4, 0.5) is 0 Å². The highest BCUT2D eigenvalue weighted by Crippen LogP contribution is 2.33. The second-order valence-electron chi connectivity index (χ2n) is 4.95. The van der Waals surface area contributed by atoms with E-state index in [0.717, 1.165) is 31.8 Å². The molecule has 0 amide bonds. The lowest BCUT2D eigenvalue weighted by Gasteiger charge is -2.21. The summed E-state index contributed by atoms with van der Waals surface area (Å²) in [5, 5.41) is 7.43. The molecule has 18 heavy (non-hydrogen) atoms. The molecular formula is C12H19N3O3. The molecule has 0 spiro atoms. The Morgan fingerprint density at radius 3 is 3.06 bits per heavy atom. The molecule has 2 aliphatic rings. The number of nitrogens with one attached hydrogen (secondary N) is 1. The standard InChI is InChI=1S/C12H19N3O3/c1-2-12(3-4-13-8-12)11-14-10(15-18-11)9-7-16-5-6-17-9/h9,13H,2-8H2,1H3. The van der Waals surface area contributed by atoms with Crippen LogP contribution >= 0.6 is 0 Å². The van der Waals surface area contributed by atoms with Crippen molar-refractivity contribution in [1.29, 1.82) is 0 Å². The molecule has 2 saturated heterocycles. The van der Waals surface area contributed by atoms with Crippen LogP contribution in [0, 0.1) is 0 Å². The Bertz CT molecular complexity index is 395. The molecule has 3 rings (SSSR count). The van der Waals surface area contributed by atoms with E-state index in [2.05, 4.69) is 22.4 Å². The maximum Gasteiger partial charge on any atom is 0.234 e. The van der Waals surface area contributed by atoms with Crippen LogP contribution in [0.1, 0.15) is 37.6 Å². The van der Waals surface area contributed by atoms with Gasteiger partial charge >= 0.3 is 0 Å². The fourth-order valence-electron chi connectivity index (χ4n) is 2.60. The zero-order valence-electron chi connectivity index (χ0n) is 10.6. The number of rotatable bonds is 3. The van der Waals surface area contributed by atoms with Gasteiger partial charge in [-0.3, -0.25) is 0 Å². The van der Waals surface area contributed by atoms with Crippen LogP contribution in [0.3, 0.4) is 0 Å². The highest BCUT2D eigenvalue weighted by molar-refractivity contribution is 5.10. The summed E-state index contributed by atoms with van der Waals surface area (Å²) in [6.07, 6.45) is 1.87. The first-order chi connectivity index (χ1) is 8.84. The number of ether oxygens (including phenoxy) is 2. The predicted molar refractivity (Wildman–Crippen MR) is 63.3 cm³/mol. The van der Waals surface area contributed by atoms with Crippen LogP contribution in [0.2, 0.25) is 0 Å². The van der Waals surface area contributed by atoms with Crippen molar-refractivity contribution >= 4 is 0 Å². The van der Waals surface area contributed by atoms with Crippen molar-refractivity contribution in [2.24, 2.45) is 0 Å². The third-order valence-corrected chi connectivity index (χ3v) is 3.92. The predicted octanol–water partition coefficient (Wildman–Crippen LogP) is 0.799. The Kier molecular flexibility index (Phi) is 3.32. The van der Waals surface area contributed by atoms with Gasteiger partial charge in [0.25, 0.3) is 0 Å². The zero-order chi connectivity index (χ0) is 12.4. The average molecular weight is 253 g/mol. The molecule has 2 aliphatic heterocycles. The fourth-order valence-corrected chi connectivity index (χ4v) is 2.60. The number of aromatic nitrogens is 2. The van der Waals surface area contributed by atoms with Crippen LogP contribution in [0.15, 0.2) is 4.52 Å². The highest BCUT2D eigenvalue weighted by atomic mass is 16.6. The lowest BCUT2D eigenvalue weighted by molar-refractivity contribution is -0.0941. The molecule has 0 saturated carbocycles. The molecule has 0 aliphatic carbocycles. The van der Waals surface area contributed by atoms with E-state index in [0.29, 0.717) is 25.6 Å². The van der Waals surface area contributed by atoms with E-state index in [1.807, 2.05) is 0 Å². The third kappa shape index (κ3) is 2.04. The van der Waals surface area contributed by atoms with Gasteiger partial charge in [0.05, 0.1) is 25.2 Å². The smallest absolute Gasteiger partial charge is 0.234 e. The summed E-state index contributed by atoms with van der Waals surface area (Å²) in [7, 11) is 0. The molecule has 0 radical (unpaired) electrons. The van der Waals surface area contributed by atoms with Crippen molar-refractivity contribution in [2.75, 3.05) is 32.9 Å². The van der Waals surface area contributed by atoms with E-state index in [1.165, 1.54) is 0 Å². The van der Waals surface area contributed by atoms with Crippen molar-refractivity contribution in [2.45, 2.75) is 31.3 Å². The quantitative estimate of drug-likeness (QED) is 0.859. The molecule has 1 aromatic heterocycles. The zero-order valence-corrected chi connectivity index (χ0v) is 10.6. The van der Waals surface area contributed by atoms with Gasteiger partial charge in [-0.2, -0.15) is 4.98 Å².